The van der Waals surface area contributed by atoms with E-state index < -0.39 is 0 Å². The standard InChI is InChI=1S/C20H25ClN2O3/c1-13-9-14(2)20(16(21)10-13)23-19(24)7-8-22-12-15-5-6-17(25-3)18(11-15)26-4/h5-6,9-11,22H,7-8,12H2,1-4H3,(H,23,24). The molecule has 1 amide bonds. The van der Waals surface area contributed by atoms with Crippen LogP contribution >= 0.6 is 11.6 Å². The van der Waals surface area contributed by atoms with Gasteiger partial charge in [-0.2, -0.15) is 0 Å². The van der Waals surface area contributed by atoms with E-state index >= 15 is 0 Å². The summed E-state index contributed by atoms with van der Waals surface area (Å²) < 4.78 is 10.5. The van der Waals surface area contributed by atoms with Gasteiger partial charge in [0.1, 0.15) is 0 Å². The summed E-state index contributed by atoms with van der Waals surface area (Å²) in [6.45, 7) is 5.10. The van der Waals surface area contributed by atoms with Crippen molar-refractivity contribution in [1.29, 1.82) is 0 Å². The molecule has 6 heteroatoms. The van der Waals surface area contributed by atoms with Crippen molar-refractivity contribution in [2.75, 3.05) is 26.1 Å². The van der Waals surface area contributed by atoms with E-state index in [0.29, 0.717) is 41.7 Å². The summed E-state index contributed by atoms with van der Waals surface area (Å²) in [5, 5.41) is 6.71. The van der Waals surface area contributed by atoms with Crippen molar-refractivity contribution < 1.29 is 14.3 Å². The van der Waals surface area contributed by atoms with Crippen molar-refractivity contribution in [3.8, 4) is 11.5 Å². The number of hydrogen-bond donors (Lipinski definition) is 2. The lowest BCUT2D eigenvalue weighted by atomic mass is 10.1. The second kappa shape index (κ2) is 9.46. The fourth-order valence-electron chi connectivity index (χ4n) is 2.70. The molecule has 0 aliphatic heterocycles. The zero-order valence-electron chi connectivity index (χ0n) is 15.6. The number of methoxy groups -OCH3 is 2. The fourth-order valence-corrected chi connectivity index (χ4v) is 3.07. The predicted molar refractivity (Wildman–Crippen MR) is 105 cm³/mol. The molecule has 0 aliphatic carbocycles. The van der Waals surface area contributed by atoms with Gasteiger partial charge in [-0.25, -0.2) is 0 Å². The highest BCUT2D eigenvalue weighted by atomic mass is 35.5. The summed E-state index contributed by atoms with van der Waals surface area (Å²) in [6.07, 6.45) is 0.358. The lowest BCUT2D eigenvalue weighted by Gasteiger charge is -2.12. The average Bonchev–Trinajstić information content (AvgIpc) is 2.61. The largest absolute Gasteiger partial charge is 0.493 e. The average molecular weight is 377 g/mol. The molecular formula is C20H25ClN2O3. The Hall–Kier alpha value is -2.24. The number of rotatable bonds is 8. The molecule has 26 heavy (non-hydrogen) atoms. The first-order valence-electron chi connectivity index (χ1n) is 8.42. The van der Waals surface area contributed by atoms with E-state index in [9.17, 15) is 4.79 Å². The Morgan fingerprint density at radius 2 is 1.81 bits per heavy atom. The highest BCUT2D eigenvalue weighted by molar-refractivity contribution is 6.34. The van der Waals surface area contributed by atoms with Gasteiger partial charge in [0.2, 0.25) is 5.91 Å². The van der Waals surface area contributed by atoms with Gasteiger partial charge in [-0.3, -0.25) is 4.79 Å². The number of nitrogens with one attached hydrogen (secondary N) is 2. The van der Waals surface area contributed by atoms with Crippen LogP contribution in [0, 0.1) is 13.8 Å². The number of anilines is 1. The van der Waals surface area contributed by atoms with Crippen LogP contribution in [-0.4, -0.2) is 26.7 Å². The molecule has 0 saturated heterocycles. The number of halogens is 1. The Morgan fingerprint density at radius 1 is 1.08 bits per heavy atom. The van der Waals surface area contributed by atoms with Crippen LogP contribution in [0.1, 0.15) is 23.1 Å². The van der Waals surface area contributed by atoms with Crippen molar-refractivity contribution in [1.82, 2.24) is 5.32 Å². The van der Waals surface area contributed by atoms with Crippen molar-refractivity contribution >= 4 is 23.2 Å². The fraction of sp³-hybridized carbons (Fsp3) is 0.350. The second-order valence-electron chi connectivity index (χ2n) is 6.10. The molecule has 0 aliphatic rings. The number of carbonyl (C=O) groups excluding carboxylic acids is 1. The third-order valence-corrected chi connectivity index (χ3v) is 4.30. The monoisotopic (exact) mass is 376 g/mol. The molecule has 2 aromatic carbocycles. The summed E-state index contributed by atoms with van der Waals surface area (Å²) in [4.78, 5) is 12.2. The van der Waals surface area contributed by atoms with Gasteiger partial charge in [0.25, 0.3) is 0 Å². The van der Waals surface area contributed by atoms with Gasteiger partial charge in [0.05, 0.1) is 24.9 Å². The zero-order valence-corrected chi connectivity index (χ0v) is 16.4. The third kappa shape index (κ3) is 5.38. The Kier molecular flexibility index (Phi) is 7.30. The molecule has 0 aromatic heterocycles. The number of amides is 1. The lowest BCUT2D eigenvalue weighted by molar-refractivity contribution is -0.116. The summed E-state index contributed by atoms with van der Waals surface area (Å²) in [5.41, 5.74) is 3.77. The summed E-state index contributed by atoms with van der Waals surface area (Å²) in [5.74, 6) is 1.31. The molecule has 0 saturated carbocycles. The van der Waals surface area contributed by atoms with Crippen molar-refractivity contribution in [2.45, 2.75) is 26.8 Å². The van der Waals surface area contributed by atoms with Gasteiger partial charge >= 0.3 is 0 Å². The Morgan fingerprint density at radius 3 is 2.46 bits per heavy atom. The maximum absolute atomic E-state index is 12.2. The molecule has 2 rings (SSSR count). The third-order valence-electron chi connectivity index (χ3n) is 4.00. The van der Waals surface area contributed by atoms with E-state index in [1.54, 1.807) is 14.2 Å². The molecule has 5 nitrogen and oxygen atoms in total. The van der Waals surface area contributed by atoms with Gasteiger partial charge in [-0.15, -0.1) is 0 Å². The number of aryl methyl sites for hydroxylation is 2. The van der Waals surface area contributed by atoms with Gasteiger partial charge in [-0.1, -0.05) is 23.7 Å². The molecule has 2 aromatic rings. The molecule has 0 radical (unpaired) electrons. The van der Waals surface area contributed by atoms with E-state index in [0.717, 1.165) is 16.7 Å². The van der Waals surface area contributed by atoms with Crippen molar-refractivity contribution in [3.05, 3.63) is 52.0 Å². The summed E-state index contributed by atoms with van der Waals surface area (Å²) in [7, 11) is 3.22. The lowest BCUT2D eigenvalue weighted by Crippen LogP contribution is -2.22. The van der Waals surface area contributed by atoms with E-state index in [2.05, 4.69) is 10.6 Å². The molecule has 2 N–H and O–H groups in total. The minimum Gasteiger partial charge on any atom is -0.493 e. The molecule has 0 heterocycles. The summed E-state index contributed by atoms with van der Waals surface area (Å²) in [6, 6.07) is 9.59. The van der Waals surface area contributed by atoms with Crippen LogP contribution in [0.25, 0.3) is 0 Å². The molecule has 0 bridgehead atoms. The first kappa shape index (κ1) is 20.1. The molecule has 0 unspecified atom stereocenters. The predicted octanol–water partition coefficient (Wildman–Crippen LogP) is 4.09. The second-order valence-corrected chi connectivity index (χ2v) is 6.51. The Bertz CT molecular complexity index is 755. The minimum atomic E-state index is -0.0707. The molecular weight excluding hydrogens is 352 g/mol. The van der Waals surface area contributed by atoms with Gasteiger partial charge in [0, 0.05) is 19.5 Å². The van der Waals surface area contributed by atoms with Crippen LogP contribution in [-0.2, 0) is 11.3 Å². The number of hydrogen-bond acceptors (Lipinski definition) is 4. The van der Waals surface area contributed by atoms with E-state index in [1.807, 2.05) is 44.2 Å². The van der Waals surface area contributed by atoms with Crippen LogP contribution in [0.3, 0.4) is 0 Å². The molecule has 0 spiro atoms. The first-order chi connectivity index (χ1) is 12.4. The van der Waals surface area contributed by atoms with Crippen molar-refractivity contribution in [2.24, 2.45) is 0 Å². The van der Waals surface area contributed by atoms with E-state index in [-0.39, 0.29) is 5.91 Å². The van der Waals surface area contributed by atoms with Crippen LogP contribution in [0.4, 0.5) is 5.69 Å². The minimum absolute atomic E-state index is 0.0707. The SMILES string of the molecule is COc1ccc(CNCCC(=O)Nc2c(C)cc(C)cc2Cl)cc1OC. The highest BCUT2D eigenvalue weighted by Gasteiger charge is 2.09. The zero-order chi connectivity index (χ0) is 19.1. The maximum Gasteiger partial charge on any atom is 0.225 e. The Balaban J connectivity index is 1.82. The molecule has 0 atom stereocenters. The van der Waals surface area contributed by atoms with Crippen molar-refractivity contribution in [3.63, 3.8) is 0 Å². The normalized spacial score (nSPS) is 10.5. The van der Waals surface area contributed by atoms with E-state index in [1.165, 1.54) is 0 Å². The number of benzene rings is 2. The molecule has 0 fully saturated rings. The Labute approximate surface area is 159 Å². The van der Waals surface area contributed by atoms with Crippen LogP contribution < -0.4 is 20.1 Å². The van der Waals surface area contributed by atoms with Crippen LogP contribution in [0.5, 0.6) is 11.5 Å². The highest BCUT2D eigenvalue weighted by Crippen LogP contribution is 2.28. The smallest absolute Gasteiger partial charge is 0.225 e. The first-order valence-corrected chi connectivity index (χ1v) is 8.80. The topological polar surface area (TPSA) is 59.6 Å². The van der Waals surface area contributed by atoms with Gasteiger partial charge in [-0.05, 0) is 48.7 Å². The molecule has 140 valence electrons. The quantitative estimate of drug-likeness (QED) is 0.681. The van der Waals surface area contributed by atoms with Gasteiger partial charge < -0.3 is 20.1 Å². The van der Waals surface area contributed by atoms with E-state index in [4.69, 9.17) is 21.1 Å². The van der Waals surface area contributed by atoms with Crippen LogP contribution in [0.2, 0.25) is 5.02 Å². The van der Waals surface area contributed by atoms with Crippen LogP contribution in [0.15, 0.2) is 30.3 Å². The number of ether oxygens (including phenoxy) is 2. The number of carbonyl (C=O) groups is 1. The summed E-state index contributed by atoms with van der Waals surface area (Å²) >= 11 is 6.22. The van der Waals surface area contributed by atoms with Gasteiger partial charge in [0.15, 0.2) is 11.5 Å². The maximum atomic E-state index is 12.2.